The third-order valence-corrected chi connectivity index (χ3v) is 6.27. The van der Waals surface area contributed by atoms with Gasteiger partial charge in [-0.15, -0.1) is 24.0 Å². The summed E-state index contributed by atoms with van der Waals surface area (Å²) in [7, 11) is 3.60. The molecule has 24 heavy (non-hydrogen) atoms. The van der Waals surface area contributed by atoms with Crippen LogP contribution in [0.2, 0.25) is 0 Å². The van der Waals surface area contributed by atoms with Gasteiger partial charge in [0.2, 0.25) is 5.91 Å². The highest BCUT2D eigenvalue weighted by Crippen LogP contribution is 2.42. The lowest BCUT2D eigenvalue weighted by Crippen LogP contribution is -2.53. The fourth-order valence-corrected chi connectivity index (χ4v) is 5.00. The third kappa shape index (κ3) is 6.28. The monoisotopic (exact) mass is 468 g/mol. The molecular formula is C17H33IN4OS. The summed E-state index contributed by atoms with van der Waals surface area (Å²) in [5.41, 5.74) is 0. The minimum absolute atomic E-state index is 0. The van der Waals surface area contributed by atoms with E-state index in [0.29, 0.717) is 17.7 Å². The summed E-state index contributed by atoms with van der Waals surface area (Å²) in [6.07, 6.45) is 7.29. The number of nitrogens with zero attached hydrogens (tertiary/aromatic N) is 3. The maximum absolute atomic E-state index is 11.7. The largest absolute Gasteiger partial charge is 0.357 e. The zero-order valence-electron chi connectivity index (χ0n) is 15.3. The molecule has 140 valence electrons. The van der Waals surface area contributed by atoms with Crippen LogP contribution in [0.15, 0.2) is 4.99 Å². The van der Waals surface area contributed by atoms with Gasteiger partial charge in [-0.2, -0.15) is 11.8 Å². The van der Waals surface area contributed by atoms with Gasteiger partial charge in [-0.05, 0) is 19.8 Å². The van der Waals surface area contributed by atoms with Crippen molar-refractivity contribution in [3.8, 4) is 0 Å². The normalized spacial score (nSPS) is 20.5. The van der Waals surface area contributed by atoms with Crippen LogP contribution in [0, 0.1) is 0 Å². The fraction of sp³-hybridized carbons (Fsp3) is 0.882. The first-order valence-corrected chi connectivity index (χ1v) is 9.92. The number of carbonyl (C=O) groups is 1. The molecule has 2 aliphatic rings. The second-order valence-electron chi connectivity index (χ2n) is 6.79. The number of rotatable bonds is 4. The van der Waals surface area contributed by atoms with Gasteiger partial charge < -0.3 is 15.1 Å². The molecule has 0 radical (unpaired) electrons. The zero-order chi connectivity index (χ0) is 16.7. The molecule has 1 aliphatic heterocycles. The predicted molar refractivity (Wildman–Crippen MR) is 115 cm³/mol. The number of hydrogen-bond acceptors (Lipinski definition) is 3. The quantitative estimate of drug-likeness (QED) is 0.392. The van der Waals surface area contributed by atoms with Gasteiger partial charge in [-0.25, -0.2) is 0 Å². The number of aliphatic imine (C=N–C) groups is 1. The van der Waals surface area contributed by atoms with Gasteiger partial charge in [0.05, 0.1) is 6.54 Å². The smallest absolute Gasteiger partial charge is 0.223 e. The molecule has 2 fully saturated rings. The van der Waals surface area contributed by atoms with Gasteiger partial charge >= 0.3 is 0 Å². The van der Waals surface area contributed by atoms with E-state index in [-0.39, 0.29) is 29.9 Å². The molecule has 1 saturated heterocycles. The molecule has 1 amide bonds. The number of guanidine groups is 1. The molecule has 2 rings (SSSR count). The second-order valence-corrected chi connectivity index (χ2v) is 8.35. The van der Waals surface area contributed by atoms with Crippen LogP contribution >= 0.6 is 35.7 Å². The Balaban J connectivity index is 0.00000288. The lowest BCUT2D eigenvalue weighted by atomic mass is 9.87. The van der Waals surface area contributed by atoms with Gasteiger partial charge in [0, 0.05) is 50.7 Å². The molecule has 0 aromatic heterocycles. The Kier molecular flexibility index (Phi) is 9.77. The molecule has 1 spiro atoms. The highest BCUT2D eigenvalue weighted by Gasteiger charge is 2.38. The molecule has 1 aliphatic carbocycles. The number of carbonyl (C=O) groups excluding carboxylic acids is 1. The molecule has 7 heteroatoms. The Morgan fingerprint density at radius 3 is 2.62 bits per heavy atom. The topological polar surface area (TPSA) is 47.9 Å². The number of nitrogens with one attached hydrogen (secondary N) is 1. The minimum atomic E-state index is 0. The van der Waals surface area contributed by atoms with E-state index in [1.54, 1.807) is 19.0 Å². The van der Waals surface area contributed by atoms with Crippen molar-refractivity contribution in [3.05, 3.63) is 0 Å². The van der Waals surface area contributed by atoms with Gasteiger partial charge in [-0.1, -0.05) is 19.3 Å². The molecule has 1 saturated carbocycles. The van der Waals surface area contributed by atoms with Crippen molar-refractivity contribution in [2.45, 2.75) is 50.2 Å². The van der Waals surface area contributed by atoms with E-state index < -0.39 is 0 Å². The van der Waals surface area contributed by atoms with Crippen molar-refractivity contribution >= 4 is 47.6 Å². The van der Waals surface area contributed by atoms with Crippen LogP contribution in [-0.4, -0.2) is 72.4 Å². The first-order chi connectivity index (χ1) is 11.1. The average molecular weight is 468 g/mol. The maximum Gasteiger partial charge on any atom is 0.223 e. The van der Waals surface area contributed by atoms with E-state index in [1.165, 1.54) is 37.9 Å². The van der Waals surface area contributed by atoms with Crippen molar-refractivity contribution in [1.82, 2.24) is 15.1 Å². The van der Waals surface area contributed by atoms with Gasteiger partial charge in [0.1, 0.15) is 0 Å². The van der Waals surface area contributed by atoms with E-state index >= 15 is 0 Å². The van der Waals surface area contributed by atoms with Crippen LogP contribution < -0.4 is 5.32 Å². The summed E-state index contributed by atoms with van der Waals surface area (Å²) in [5.74, 6) is 2.31. The van der Waals surface area contributed by atoms with Gasteiger partial charge in [0.15, 0.2) is 5.96 Å². The van der Waals surface area contributed by atoms with E-state index in [2.05, 4.69) is 28.9 Å². The fourth-order valence-electron chi connectivity index (χ4n) is 3.43. The zero-order valence-corrected chi connectivity index (χ0v) is 18.5. The van der Waals surface area contributed by atoms with Gasteiger partial charge in [0.25, 0.3) is 0 Å². The molecule has 5 nitrogen and oxygen atoms in total. The van der Waals surface area contributed by atoms with E-state index in [4.69, 9.17) is 4.99 Å². The number of thioether (sulfide) groups is 1. The lowest BCUT2D eigenvalue weighted by Gasteiger charge is -2.45. The summed E-state index contributed by atoms with van der Waals surface area (Å²) in [4.78, 5) is 20.5. The maximum atomic E-state index is 11.7. The molecule has 0 atom stereocenters. The van der Waals surface area contributed by atoms with E-state index in [9.17, 15) is 4.79 Å². The lowest BCUT2D eigenvalue weighted by molar-refractivity contribution is -0.128. The van der Waals surface area contributed by atoms with Crippen molar-refractivity contribution in [2.24, 2.45) is 4.99 Å². The minimum Gasteiger partial charge on any atom is -0.357 e. The first kappa shape index (κ1) is 21.9. The van der Waals surface area contributed by atoms with Crippen LogP contribution in [0.3, 0.4) is 0 Å². The highest BCUT2D eigenvalue weighted by molar-refractivity contribution is 14.0. The van der Waals surface area contributed by atoms with Crippen molar-refractivity contribution < 1.29 is 4.79 Å². The van der Waals surface area contributed by atoms with Crippen LogP contribution in [0.5, 0.6) is 0 Å². The molecule has 0 aromatic carbocycles. The molecule has 1 N–H and O–H groups in total. The number of halogens is 1. The second kappa shape index (κ2) is 10.7. The molecular weight excluding hydrogens is 435 g/mol. The van der Waals surface area contributed by atoms with Crippen molar-refractivity contribution in [3.63, 3.8) is 0 Å². The average Bonchev–Trinajstić information content (AvgIpc) is 2.54. The van der Waals surface area contributed by atoms with Crippen LogP contribution in [0.1, 0.15) is 45.4 Å². The molecule has 1 heterocycles. The summed E-state index contributed by atoms with van der Waals surface area (Å²) < 4.78 is 0.437. The Morgan fingerprint density at radius 1 is 1.29 bits per heavy atom. The van der Waals surface area contributed by atoms with E-state index in [1.807, 2.05) is 0 Å². The highest BCUT2D eigenvalue weighted by atomic mass is 127. The third-order valence-electron chi connectivity index (χ3n) is 4.73. The summed E-state index contributed by atoms with van der Waals surface area (Å²) in [6.45, 7) is 5.70. The first-order valence-electron chi connectivity index (χ1n) is 8.94. The Bertz CT molecular complexity index is 419. The molecule has 0 bridgehead atoms. The Morgan fingerprint density at radius 2 is 2.00 bits per heavy atom. The summed E-state index contributed by atoms with van der Waals surface area (Å²) >= 11 is 2.17. The van der Waals surface area contributed by atoms with Crippen molar-refractivity contribution in [1.29, 1.82) is 0 Å². The molecule has 0 aromatic rings. The standard InChI is InChI=1S/C17H32N4OS.HI/c1-4-18-16(19-11-8-15(22)20(2)3)21-12-13-23-17(14-21)9-6-5-7-10-17;/h4-14H2,1-3H3,(H,18,19);1H. The van der Waals surface area contributed by atoms with Crippen molar-refractivity contribution in [2.75, 3.05) is 46.0 Å². The Labute approximate surface area is 168 Å². The molecule has 0 unspecified atom stereocenters. The summed E-state index contributed by atoms with van der Waals surface area (Å²) in [6, 6.07) is 0. The number of amides is 1. The van der Waals surface area contributed by atoms with E-state index in [0.717, 1.165) is 25.6 Å². The SMILES string of the molecule is CCNC(=NCCC(=O)N(C)C)N1CCSC2(CCCCC2)C1.I. The van der Waals surface area contributed by atoms with Crippen LogP contribution in [0.4, 0.5) is 0 Å². The Hall–Kier alpha value is -0.180. The summed E-state index contributed by atoms with van der Waals surface area (Å²) in [5, 5.41) is 3.42. The number of hydrogen-bond donors (Lipinski definition) is 1. The van der Waals surface area contributed by atoms with Crippen LogP contribution in [0.25, 0.3) is 0 Å². The van der Waals surface area contributed by atoms with Gasteiger partial charge in [-0.3, -0.25) is 9.79 Å². The van der Waals surface area contributed by atoms with Crippen LogP contribution in [-0.2, 0) is 4.79 Å². The predicted octanol–water partition coefficient (Wildman–Crippen LogP) is 2.80.